The molecule has 1 aromatic heterocycles. The Balaban J connectivity index is 0.000000292. The van der Waals surface area contributed by atoms with Gasteiger partial charge in [-0.15, -0.1) is 0 Å². The van der Waals surface area contributed by atoms with Gasteiger partial charge in [-0.05, 0) is 30.9 Å². The van der Waals surface area contributed by atoms with Crippen LogP contribution in [-0.2, 0) is 27.3 Å². The normalized spacial score (nSPS) is 13.9. The third kappa shape index (κ3) is 2.72. The average molecular weight is 332 g/mol. The predicted octanol–water partition coefficient (Wildman–Crippen LogP) is 4.43. The molecule has 0 amide bonds. The van der Waals surface area contributed by atoms with Crippen LogP contribution in [0.25, 0.3) is 10.9 Å². The molecule has 1 heterocycles. The third-order valence-corrected chi connectivity index (χ3v) is 2.83. The summed E-state index contributed by atoms with van der Waals surface area (Å²) in [6.45, 7) is 0. The van der Waals surface area contributed by atoms with E-state index in [-0.39, 0.29) is 0 Å². The minimum absolute atomic E-state index is 0.826. The van der Waals surface area contributed by atoms with Crippen molar-refractivity contribution in [1.82, 2.24) is 4.98 Å². The van der Waals surface area contributed by atoms with Crippen LogP contribution in [0.1, 0.15) is 24.1 Å². The van der Waals surface area contributed by atoms with E-state index in [1.54, 1.807) is 0 Å². The Bertz CT molecular complexity index is 467. The molecule has 0 saturated heterocycles. The number of aromatic amines is 1. The number of benzene rings is 1. The first-order valence-corrected chi connectivity index (χ1v) is 11.6. The van der Waals surface area contributed by atoms with E-state index in [4.69, 9.17) is 17.0 Å². The van der Waals surface area contributed by atoms with Crippen molar-refractivity contribution in [3.05, 3.63) is 41.9 Å². The Morgan fingerprint density at radius 1 is 1.19 bits per heavy atom. The summed E-state index contributed by atoms with van der Waals surface area (Å²) in [4.78, 5) is 3.46. The molecule has 1 N–H and O–H groups in total. The summed E-state index contributed by atoms with van der Waals surface area (Å²) in [5.41, 5.74) is 4.15. The summed E-state index contributed by atoms with van der Waals surface area (Å²) in [5.74, 6) is 0. The van der Waals surface area contributed by atoms with Gasteiger partial charge < -0.3 is 4.98 Å². The topological polar surface area (TPSA) is 15.8 Å². The molecule has 83 valence electrons. The van der Waals surface area contributed by atoms with E-state index in [1.165, 1.54) is 41.4 Å². The van der Waals surface area contributed by atoms with Gasteiger partial charge in [0.2, 0.25) is 0 Å². The SMILES string of the molecule is [CH]1CCCc2c1[nH]c1ccccc21.[Cl][Zr][Cl]. The second-order valence-electron chi connectivity index (χ2n) is 3.73. The fourth-order valence-corrected chi connectivity index (χ4v) is 2.19. The molecule has 3 rings (SSSR count). The van der Waals surface area contributed by atoms with Gasteiger partial charge in [-0.2, -0.15) is 0 Å². The fourth-order valence-electron chi connectivity index (χ4n) is 2.19. The van der Waals surface area contributed by atoms with Crippen molar-refractivity contribution in [2.24, 2.45) is 0 Å². The van der Waals surface area contributed by atoms with Crippen molar-refractivity contribution in [2.75, 3.05) is 0 Å². The number of hydrogen-bond acceptors (Lipinski definition) is 0. The Hall–Kier alpha value is 0.223. The van der Waals surface area contributed by atoms with E-state index in [1.807, 2.05) is 0 Å². The Labute approximate surface area is 114 Å². The Morgan fingerprint density at radius 2 is 1.94 bits per heavy atom. The maximum atomic E-state index is 4.93. The number of para-hydroxylation sites is 1. The van der Waals surface area contributed by atoms with Gasteiger partial charge in [-0.3, -0.25) is 0 Å². The first-order chi connectivity index (χ1) is 7.86. The van der Waals surface area contributed by atoms with Gasteiger partial charge in [0.25, 0.3) is 0 Å². The van der Waals surface area contributed by atoms with Crippen LogP contribution in [0.2, 0.25) is 0 Å². The number of halogens is 2. The van der Waals surface area contributed by atoms with Crippen LogP contribution in [-0.4, -0.2) is 4.98 Å². The van der Waals surface area contributed by atoms with Crippen molar-refractivity contribution >= 4 is 27.9 Å². The summed E-state index contributed by atoms with van der Waals surface area (Å²) < 4.78 is 0. The summed E-state index contributed by atoms with van der Waals surface area (Å²) in [5, 5.41) is 1.41. The van der Waals surface area contributed by atoms with Crippen molar-refractivity contribution in [1.29, 1.82) is 0 Å². The van der Waals surface area contributed by atoms with E-state index < -0.39 is 20.8 Å². The van der Waals surface area contributed by atoms with Crippen LogP contribution in [0.3, 0.4) is 0 Å². The van der Waals surface area contributed by atoms with Crippen LogP contribution in [0.15, 0.2) is 24.3 Å². The standard InChI is InChI=1S/C12H12N.2ClH.Zr/c1-3-7-11-9(5-1)10-6-2-4-8-12(10)13-11;;;/h1,3,5,7-8,13H,2,4,6H2;2*1H;/q;;;+2/p-2. The molecule has 1 aliphatic rings. The zero-order valence-electron chi connectivity index (χ0n) is 8.76. The molecule has 0 spiro atoms. The molecule has 1 radical (unpaired) electrons. The summed E-state index contributed by atoms with van der Waals surface area (Å²) in [7, 11) is 9.87. The number of H-pyrrole nitrogens is 1. The summed E-state index contributed by atoms with van der Waals surface area (Å²) in [6, 6.07) is 8.57. The maximum absolute atomic E-state index is 4.93. The molecular formula is C12H12Cl2NZr. The van der Waals surface area contributed by atoms with E-state index in [0.29, 0.717) is 0 Å². The van der Waals surface area contributed by atoms with E-state index in [0.717, 1.165) is 0 Å². The zero-order valence-corrected chi connectivity index (χ0v) is 12.7. The number of rotatable bonds is 0. The van der Waals surface area contributed by atoms with Gasteiger partial charge in [0.1, 0.15) is 0 Å². The predicted molar refractivity (Wildman–Crippen MR) is 66.3 cm³/mol. The zero-order chi connectivity index (χ0) is 11.4. The van der Waals surface area contributed by atoms with E-state index in [2.05, 4.69) is 35.7 Å². The van der Waals surface area contributed by atoms with Gasteiger partial charge in [-0.1, -0.05) is 18.2 Å². The number of aromatic nitrogens is 1. The monoisotopic (exact) mass is 330 g/mol. The molecule has 2 aromatic rings. The second-order valence-corrected chi connectivity index (χ2v) is 7.46. The van der Waals surface area contributed by atoms with Crippen molar-refractivity contribution in [3.8, 4) is 0 Å². The summed E-state index contributed by atoms with van der Waals surface area (Å²) in [6.07, 6.45) is 6.07. The Kier molecular flexibility index (Phi) is 4.94. The molecular weight excluding hydrogens is 320 g/mol. The first kappa shape index (κ1) is 12.7. The van der Waals surface area contributed by atoms with Gasteiger partial charge in [0.05, 0.1) is 0 Å². The minimum atomic E-state index is -0.826. The van der Waals surface area contributed by atoms with Crippen LogP contribution >= 0.6 is 17.0 Å². The summed E-state index contributed by atoms with van der Waals surface area (Å²) >= 11 is -0.826. The number of hydrogen-bond donors (Lipinski definition) is 1. The van der Waals surface area contributed by atoms with Crippen molar-refractivity contribution < 1.29 is 20.8 Å². The molecule has 0 fully saturated rings. The third-order valence-electron chi connectivity index (χ3n) is 2.83. The van der Waals surface area contributed by atoms with Crippen LogP contribution < -0.4 is 0 Å². The number of aryl methyl sites for hydroxylation is 1. The molecule has 4 heteroatoms. The molecule has 0 bridgehead atoms. The van der Waals surface area contributed by atoms with Crippen LogP contribution in [0.4, 0.5) is 0 Å². The molecule has 0 unspecified atom stereocenters. The molecule has 16 heavy (non-hydrogen) atoms. The molecule has 1 aliphatic carbocycles. The van der Waals surface area contributed by atoms with Crippen molar-refractivity contribution in [3.63, 3.8) is 0 Å². The quantitative estimate of drug-likeness (QED) is 0.734. The van der Waals surface area contributed by atoms with Gasteiger partial charge in [-0.25, -0.2) is 0 Å². The number of fused-ring (bicyclic) bond motifs is 3. The fraction of sp³-hybridized carbons (Fsp3) is 0.250. The van der Waals surface area contributed by atoms with Gasteiger partial charge >= 0.3 is 37.9 Å². The average Bonchev–Trinajstić information content (AvgIpc) is 2.68. The molecule has 1 aromatic carbocycles. The van der Waals surface area contributed by atoms with Gasteiger partial charge in [0.15, 0.2) is 0 Å². The molecule has 1 nitrogen and oxygen atoms in total. The van der Waals surface area contributed by atoms with Crippen LogP contribution in [0, 0.1) is 6.42 Å². The van der Waals surface area contributed by atoms with Crippen LogP contribution in [0.5, 0.6) is 0 Å². The van der Waals surface area contributed by atoms with Gasteiger partial charge in [0, 0.05) is 23.0 Å². The van der Waals surface area contributed by atoms with Crippen molar-refractivity contribution in [2.45, 2.75) is 19.3 Å². The molecule has 0 atom stereocenters. The van der Waals surface area contributed by atoms with E-state index >= 15 is 0 Å². The van der Waals surface area contributed by atoms with E-state index in [9.17, 15) is 0 Å². The second kappa shape index (κ2) is 6.24. The molecule has 0 saturated carbocycles. The Morgan fingerprint density at radius 3 is 2.75 bits per heavy atom. The molecule has 0 aliphatic heterocycles. The number of nitrogens with one attached hydrogen (secondary N) is 1. The first-order valence-electron chi connectivity index (χ1n) is 5.26.